The Hall–Kier alpha value is -3.03. The molecule has 0 saturated carbocycles. The van der Waals surface area contributed by atoms with E-state index in [1.165, 1.54) is 0 Å². The number of carbonyl (C=O) groups excluding carboxylic acids is 2. The molecule has 0 unspecified atom stereocenters. The van der Waals surface area contributed by atoms with Crippen molar-refractivity contribution in [3.63, 3.8) is 0 Å². The molecule has 2 aliphatic rings. The van der Waals surface area contributed by atoms with Gasteiger partial charge in [-0.1, -0.05) is 37.6 Å². The van der Waals surface area contributed by atoms with Gasteiger partial charge in [0.25, 0.3) is 0 Å². The lowest BCUT2D eigenvalue weighted by molar-refractivity contribution is -0.167. The molecule has 2 aliphatic heterocycles. The molecule has 0 bridgehead atoms. The highest BCUT2D eigenvalue weighted by Crippen LogP contribution is 2.47. The summed E-state index contributed by atoms with van der Waals surface area (Å²) in [6.45, 7) is 7.09. The number of phenols is 1. The highest BCUT2D eigenvalue weighted by atomic mass is 35.5. The molecular weight excluding hydrogens is 452 g/mol. The zero-order valence-electron chi connectivity index (χ0n) is 19.6. The molecule has 0 spiro atoms. The minimum atomic E-state index is -1.06. The van der Waals surface area contributed by atoms with Crippen molar-refractivity contribution in [3.05, 3.63) is 64.3 Å². The van der Waals surface area contributed by atoms with Gasteiger partial charge < -0.3 is 25.2 Å². The van der Waals surface area contributed by atoms with Crippen LogP contribution < -0.4 is 5.32 Å². The van der Waals surface area contributed by atoms with Crippen LogP contribution in [0.1, 0.15) is 43.6 Å². The Balaban J connectivity index is 1.65. The fourth-order valence-corrected chi connectivity index (χ4v) is 5.61. The number of carbonyl (C=O) groups is 2. The number of phenolic OH excluding ortho intramolecular Hbond substituents is 1. The molecule has 3 heterocycles. The molecule has 0 radical (unpaired) electrons. The fourth-order valence-electron chi connectivity index (χ4n) is 5.44. The second-order valence-corrected chi connectivity index (χ2v) is 10.2. The van der Waals surface area contributed by atoms with E-state index in [4.69, 9.17) is 11.6 Å². The second kappa shape index (κ2) is 8.32. The summed E-state index contributed by atoms with van der Waals surface area (Å²) < 4.78 is 0. The maximum Gasteiger partial charge on any atom is 0.249 e. The highest BCUT2D eigenvalue weighted by Gasteiger charge is 2.55. The van der Waals surface area contributed by atoms with E-state index in [1.54, 1.807) is 28.0 Å². The average molecular weight is 481 g/mol. The van der Waals surface area contributed by atoms with Gasteiger partial charge in [0.2, 0.25) is 11.8 Å². The first-order valence-corrected chi connectivity index (χ1v) is 12.0. The number of nitrogens with zero attached hydrogens (tertiary/aromatic N) is 2. The maximum atomic E-state index is 13.9. The van der Waals surface area contributed by atoms with Crippen LogP contribution in [-0.4, -0.2) is 62.9 Å². The van der Waals surface area contributed by atoms with Gasteiger partial charge in [-0.25, -0.2) is 0 Å². The third kappa shape index (κ3) is 3.63. The van der Waals surface area contributed by atoms with Gasteiger partial charge in [0.1, 0.15) is 11.3 Å². The van der Waals surface area contributed by atoms with Crippen molar-refractivity contribution in [3.8, 4) is 5.75 Å². The molecule has 1 aromatic heterocycles. The lowest BCUT2D eigenvalue weighted by Crippen LogP contribution is -2.70. The average Bonchev–Trinajstić information content (AvgIpc) is 3.12. The molecule has 34 heavy (non-hydrogen) atoms. The smallest absolute Gasteiger partial charge is 0.249 e. The predicted molar refractivity (Wildman–Crippen MR) is 132 cm³/mol. The van der Waals surface area contributed by atoms with E-state index >= 15 is 0 Å². The topological polar surface area (TPSA) is 88.7 Å². The van der Waals surface area contributed by atoms with Gasteiger partial charge in [-0.2, -0.15) is 0 Å². The molecule has 8 heteroatoms. The van der Waals surface area contributed by atoms with Crippen molar-refractivity contribution in [1.82, 2.24) is 20.1 Å². The maximum absolute atomic E-state index is 13.9. The summed E-state index contributed by atoms with van der Waals surface area (Å²) in [7, 11) is 0. The Morgan fingerprint density at radius 2 is 2.03 bits per heavy atom. The molecule has 1 saturated heterocycles. The standard InChI is InChI=1S/C26H29ClN4O3/c1-15(2)28-9-10-30-14-22(33)31-24(16-5-4-6-18(32)11-16)23-20(13-26(31,3)25(30)34)19-12-17(27)7-8-21(19)29-23/h4-8,11-12,15,24,28-29,32H,9-10,13-14H2,1-3H3/t24-,26-/m1/s1. The van der Waals surface area contributed by atoms with Crippen molar-refractivity contribution < 1.29 is 14.7 Å². The highest BCUT2D eigenvalue weighted by molar-refractivity contribution is 6.31. The fraction of sp³-hybridized carbons (Fsp3) is 0.385. The van der Waals surface area contributed by atoms with Gasteiger partial charge >= 0.3 is 0 Å². The number of rotatable bonds is 5. The summed E-state index contributed by atoms with van der Waals surface area (Å²) in [6, 6.07) is 12.3. The van der Waals surface area contributed by atoms with Crippen molar-refractivity contribution in [1.29, 1.82) is 0 Å². The van der Waals surface area contributed by atoms with Crippen LogP contribution in [0.4, 0.5) is 0 Å². The van der Waals surface area contributed by atoms with E-state index in [2.05, 4.69) is 24.1 Å². The molecule has 0 aliphatic carbocycles. The van der Waals surface area contributed by atoms with Crippen molar-refractivity contribution in [2.75, 3.05) is 19.6 Å². The van der Waals surface area contributed by atoms with Gasteiger partial charge in [-0.05, 0) is 48.4 Å². The van der Waals surface area contributed by atoms with E-state index in [0.29, 0.717) is 30.6 Å². The van der Waals surface area contributed by atoms with Crippen LogP contribution in [0.3, 0.4) is 0 Å². The second-order valence-electron chi connectivity index (χ2n) is 9.75. The number of fused-ring (bicyclic) bond motifs is 4. The number of aromatic hydroxyl groups is 1. The van der Waals surface area contributed by atoms with Gasteiger partial charge in [-0.15, -0.1) is 0 Å². The SMILES string of the molecule is CC(C)NCCN1CC(=O)N2[C@H](c3cccc(O)c3)c3[nH]c4ccc(Cl)cc4c3C[C@]2(C)C1=O. The molecule has 3 N–H and O–H groups in total. The summed E-state index contributed by atoms with van der Waals surface area (Å²) in [4.78, 5) is 34.4. The summed E-state index contributed by atoms with van der Waals surface area (Å²) in [5.41, 5.74) is 2.43. The third-order valence-corrected chi connectivity index (χ3v) is 7.18. The monoisotopic (exact) mass is 480 g/mol. The van der Waals surface area contributed by atoms with Crippen LogP contribution in [0.25, 0.3) is 10.9 Å². The first kappa shape index (κ1) is 22.7. The first-order valence-electron chi connectivity index (χ1n) is 11.6. The molecule has 1 fully saturated rings. The lowest BCUT2D eigenvalue weighted by atomic mass is 9.78. The summed E-state index contributed by atoms with van der Waals surface area (Å²) in [5.74, 6) is -0.0604. The largest absolute Gasteiger partial charge is 0.508 e. The number of hydrogen-bond acceptors (Lipinski definition) is 4. The van der Waals surface area contributed by atoms with Crippen molar-refractivity contribution in [2.24, 2.45) is 0 Å². The number of piperazine rings is 1. The number of amides is 2. The van der Waals surface area contributed by atoms with E-state index in [9.17, 15) is 14.7 Å². The number of benzene rings is 2. The molecule has 178 valence electrons. The van der Waals surface area contributed by atoms with E-state index in [0.717, 1.165) is 27.7 Å². The summed E-state index contributed by atoms with van der Waals surface area (Å²) in [5, 5.41) is 15.1. The number of aromatic nitrogens is 1. The van der Waals surface area contributed by atoms with Gasteiger partial charge in [0.15, 0.2) is 0 Å². The van der Waals surface area contributed by atoms with E-state index < -0.39 is 11.6 Å². The quantitative estimate of drug-likeness (QED) is 0.520. The van der Waals surface area contributed by atoms with Crippen molar-refractivity contribution >= 4 is 34.3 Å². The normalized spacial score (nSPS) is 22.4. The molecule has 2 aromatic carbocycles. The Bertz CT molecular complexity index is 1290. The number of nitrogens with one attached hydrogen (secondary N) is 2. The number of halogens is 1. The Morgan fingerprint density at radius 3 is 2.76 bits per heavy atom. The minimum Gasteiger partial charge on any atom is -0.508 e. The Morgan fingerprint density at radius 1 is 1.24 bits per heavy atom. The molecule has 3 aromatic rings. The molecule has 2 amide bonds. The molecule has 5 rings (SSSR count). The minimum absolute atomic E-state index is 0.0326. The van der Waals surface area contributed by atoms with Crippen LogP contribution in [0.15, 0.2) is 42.5 Å². The first-order chi connectivity index (χ1) is 16.2. The van der Waals surface area contributed by atoms with E-state index in [1.807, 2.05) is 31.2 Å². The predicted octanol–water partition coefficient (Wildman–Crippen LogP) is 3.60. The Labute approximate surface area is 203 Å². The van der Waals surface area contributed by atoms with Crippen LogP contribution >= 0.6 is 11.6 Å². The van der Waals surface area contributed by atoms with E-state index in [-0.39, 0.29) is 24.1 Å². The lowest BCUT2D eigenvalue weighted by Gasteiger charge is -2.53. The summed E-state index contributed by atoms with van der Waals surface area (Å²) in [6.07, 6.45) is 0.386. The van der Waals surface area contributed by atoms with Crippen LogP contribution in [0.2, 0.25) is 5.02 Å². The summed E-state index contributed by atoms with van der Waals surface area (Å²) >= 11 is 6.33. The molecular formula is C26H29ClN4O3. The zero-order valence-corrected chi connectivity index (χ0v) is 20.3. The number of hydrogen-bond donors (Lipinski definition) is 3. The molecule has 7 nitrogen and oxygen atoms in total. The van der Waals surface area contributed by atoms with Gasteiger partial charge in [-0.3, -0.25) is 9.59 Å². The molecule has 2 atom stereocenters. The van der Waals surface area contributed by atoms with Gasteiger partial charge in [0, 0.05) is 47.2 Å². The number of aromatic amines is 1. The van der Waals surface area contributed by atoms with Crippen LogP contribution in [-0.2, 0) is 16.0 Å². The van der Waals surface area contributed by atoms with Crippen molar-refractivity contribution in [2.45, 2.75) is 44.8 Å². The van der Waals surface area contributed by atoms with Crippen LogP contribution in [0, 0.1) is 0 Å². The van der Waals surface area contributed by atoms with Crippen LogP contribution in [0.5, 0.6) is 5.75 Å². The number of H-pyrrole nitrogens is 1. The Kier molecular flexibility index (Phi) is 5.57. The zero-order chi connectivity index (χ0) is 24.2. The third-order valence-electron chi connectivity index (χ3n) is 6.95. The van der Waals surface area contributed by atoms with Gasteiger partial charge in [0.05, 0.1) is 12.6 Å².